The maximum absolute atomic E-state index is 8.08. The van der Waals surface area contributed by atoms with Crippen molar-refractivity contribution in [2.24, 2.45) is 5.16 Å². The van der Waals surface area contributed by atoms with Crippen molar-refractivity contribution in [1.82, 2.24) is 0 Å². The molecule has 0 saturated carbocycles. The fraction of sp³-hybridized carbons (Fsp3) is 0. The Bertz CT molecular complexity index is 195. The van der Waals surface area contributed by atoms with Crippen LogP contribution in [0.4, 0.5) is 0 Å². The van der Waals surface area contributed by atoms with Crippen LogP contribution >= 0.6 is 0 Å². The molecule has 0 spiro atoms. The van der Waals surface area contributed by atoms with E-state index in [1.807, 2.05) is 0 Å². The maximum Gasteiger partial charge on any atom is 0.167 e. The molecule has 1 heterocycles. The van der Waals surface area contributed by atoms with Crippen LogP contribution in [-0.4, -0.2) is 11.4 Å². The summed E-state index contributed by atoms with van der Waals surface area (Å²) in [6.45, 7) is 0. The monoisotopic (exact) mass is 123 g/mol. The summed E-state index contributed by atoms with van der Waals surface area (Å²) in [5.74, 6) is 0. The Balaban J connectivity index is 2.85. The van der Waals surface area contributed by atoms with Gasteiger partial charge in [-0.1, -0.05) is 5.16 Å². The van der Waals surface area contributed by atoms with Crippen LogP contribution in [0.15, 0.2) is 29.7 Å². The minimum atomic E-state index is 0.872. The fourth-order valence-corrected chi connectivity index (χ4v) is 0.553. The summed E-state index contributed by atoms with van der Waals surface area (Å²) in [7, 11) is 0. The molecule has 0 saturated heterocycles. The quantitative estimate of drug-likeness (QED) is 0.326. The second kappa shape index (κ2) is 2.81. The van der Waals surface area contributed by atoms with Gasteiger partial charge >= 0.3 is 0 Å². The molecule has 0 atom stereocenters. The minimum absolute atomic E-state index is 0.872. The van der Waals surface area contributed by atoms with Gasteiger partial charge in [0.2, 0.25) is 0 Å². The Morgan fingerprint density at radius 3 is 2.67 bits per heavy atom. The van der Waals surface area contributed by atoms with Crippen LogP contribution in [0.25, 0.3) is 0 Å². The van der Waals surface area contributed by atoms with Gasteiger partial charge in [0.15, 0.2) is 12.4 Å². The molecule has 1 aromatic heterocycles. The Labute approximate surface area is 52.7 Å². The van der Waals surface area contributed by atoms with Crippen molar-refractivity contribution in [3.8, 4) is 0 Å². The summed E-state index contributed by atoms with van der Waals surface area (Å²) in [4.78, 5) is 2.85. The molecule has 9 heavy (non-hydrogen) atoms. The smallest absolute Gasteiger partial charge is 0.167 e. The van der Waals surface area contributed by atoms with Crippen LogP contribution in [0.2, 0.25) is 0 Å². The average molecular weight is 123 g/mol. The predicted molar refractivity (Wildman–Crippen MR) is 32.4 cm³/mol. The normalized spacial score (nSPS) is 10.2. The van der Waals surface area contributed by atoms with Crippen LogP contribution in [0, 0.1) is 0 Å². The second-order valence-electron chi connectivity index (χ2n) is 1.58. The van der Waals surface area contributed by atoms with Crippen molar-refractivity contribution in [3.05, 3.63) is 30.1 Å². The molecule has 2 N–H and O–H groups in total. The van der Waals surface area contributed by atoms with Crippen molar-refractivity contribution < 1.29 is 10.2 Å². The van der Waals surface area contributed by atoms with Gasteiger partial charge < -0.3 is 5.21 Å². The van der Waals surface area contributed by atoms with Gasteiger partial charge in [0.1, 0.15) is 0 Å². The predicted octanol–water partition coefficient (Wildman–Crippen LogP) is 0.309. The number of nitrogens with zero attached hydrogens (tertiary/aromatic N) is 1. The van der Waals surface area contributed by atoms with Crippen LogP contribution in [0.3, 0.4) is 0 Å². The lowest BCUT2D eigenvalue weighted by molar-refractivity contribution is -0.378. The number of aromatic nitrogens is 1. The van der Waals surface area contributed by atoms with Crippen LogP contribution < -0.4 is 4.98 Å². The molecule has 0 aliphatic heterocycles. The molecule has 0 aromatic carbocycles. The number of H-pyrrole nitrogens is 1. The first-order valence-electron chi connectivity index (χ1n) is 2.57. The highest BCUT2D eigenvalue weighted by Crippen LogP contribution is 1.86. The number of hydrogen-bond donors (Lipinski definition) is 1. The molecule has 0 radical (unpaired) electrons. The van der Waals surface area contributed by atoms with E-state index in [-0.39, 0.29) is 0 Å². The average Bonchev–Trinajstić information content (AvgIpc) is 1.91. The number of oxime groups is 1. The van der Waals surface area contributed by atoms with Gasteiger partial charge in [-0.25, -0.2) is 4.98 Å². The Morgan fingerprint density at radius 2 is 2.11 bits per heavy atom. The third kappa shape index (κ3) is 1.53. The summed E-state index contributed by atoms with van der Waals surface area (Å²) < 4.78 is 0. The van der Waals surface area contributed by atoms with Gasteiger partial charge in [-0.05, 0) is 0 Å². The molecule has 3 nitrogen and oxygen atoms in total. The van der Waals surface area contributed by atoms with Gasteiger partial charge in [-0.3, -0.25) is 0 Å². The van der Waals surface area contributed by atoms with E-state index >= 15 is 0 Å². The molecule has 1 rings (SSSR count). The summed E-state index contributed by atoms with van der Waals surface area (Å²) >= 11 is 0. The first-order chi connectivity index (χ1) is 4.43. The van der Waals surface area contributed by atoms with Gasteiger partial charge in [-0.2, -0.15) is 0 Å². The molecule has 0 bridgehead atoms. The lowest BCUT2D eigenvalue weighted by Crippen LogP contribution is -1.97. The molecule has 46 valence electrons. The third-order valence-electron chi connectivity index (χ3n) is 0.951. The first kappa shape index (κ1) is 5.75. The molecule has 0 fully saturated rings. The number of aromatic amines is 1. The molecule has 1 aromatic rings. The zero-order chi connectivity index (χ0) is 6.53. The highest BCUT2D eigenvalue weighted by atomic mass is 16.4. The molecule has 0 aliphatic carbocycles. The van der Waals surface area contributed by atoms with E-state index in [1.54, 1.807) is 24.5 Å². The summed E-state index contributed by atoms with van der Waals surface area (Å²) in [5.41, 5.74) is 0.872. The van der Waals surface area contributed by atoms with E-state index < -0.39 is 0 Å². The topological polar surface area (TPSA) is 46.7 Å². The van der Waals surface area contributed by atoms with E-state index in [2.05, 4.69) is 10.1 Å². The molecule has 0 aliphatic rings. The van der Waals surface area contributed by atoms with Crippen molar-refractivity contribution in [3.63, 3.8) is 0 Å². The Morgan fingerprint density at radius 1 is 1.44 bits per heavy atom. The van der Waals surface area contributed by atoms with Crippen molar-refractivity contribution >= 4 is 6.21 Å². The third-order valence-corrected chi connectivity index (χ3v) is 0.951. The molecule has 3 heteroatoms. The zero-order valence-corrected chi connectivity index (χ0v) is 4.78. The van der Waals surface area contributed by atoms with Crippen molar-refractivity contribution in [1.29, 1.82) is 0 Å². The first-order valence-corrected chi connectivity index (χ1v) is 2.57. The van der Waals surface area contributed by atoms with Gasteiger partial charge in [-0.15, -0.1) is 0 Å². The molecule has 0 amide bonds. The van der Waals surface area contributed by atoms with Crippen molar-refractivity contribution in [2.75, 3.05) is 0 Å². The second-order valence-corrected chi connectivity index (χ2v) is 1.58. The van der Waals surface area contributed by atoms with Crippen LogP contribution in [-0.2, 0) is 0 Å². The molecule has 0 unspecified atom stereocenters. The van der Waals surface area contributed by atoms with E-state index in [1.165, 1.54) is 6.21 Å². The number of rotatable bonds is 1. The lowest BCUT2D eigenvalue weighted by Gasteiger charge is -1.80. The van der Waals surface area contributed by atoms with Crippen LogP contribution in [0.5, 0.6) is 0 Å². The zero-order valence-electron chi connectivity index (χ0n) is 4.78. The highest BCUT2D eigenvalue weighted by molar-refractivity contribution is 5.78. The van der Waals surface area contributed by atoms with E-state index in [0.29, 0.717) is 0 Å². The summed E-state index contributed by atoms with van der Waals surface area (Å²) in [5, 5.41) is 10.9. The standard InChI is InChI=1S/C6H6N2O/c9-8-5-6-1-3-7-4-2-6/h1-5,9H/p+1. The van der Waals surface area contributed by atoms with Gasteiger partial charge in [0.25, 0.3) is 0 Å². The van der Waals surface area contributed by atoms with E-state index in [9.17, 15) is 0 Å². The Hall–Kier alpha value is -1.38. The highest BCUT2D eigenvalue weighted by Gasteiger charge is 1.84. The van der Waals surface area contributed by atoms with Crippen molar-refractivity contribution in [2.45, 2.75) is 0 Å². The molecular formula is C6H7N2O+. The van der Waals surface area contributed by atoms with Crippen LogP contribution in [0.1, 0.15) is 5.56 Å². The Kier molecular flexibility index (Phi) is 1.80. The largest absolute Gasteiger partial charge is 0.411 e. The summed E-state index contributed by atoms with van der Waals surface area (Å²) in [6, 6.07) is 3.61. The van der Waals surface area contributed by atoms with E-state index in [0.717, 1.165) is 5.56 Å². The van der Waals surface area contributed by atoms with Gasteiger partial charge in [0, 0.05) is 17.7 Å². The molecular weight excluding hydrogens is 116 g/mol. The van der Waals surface area contributed by atoms with E-state index in [4.69, 9.17) is 5.21 Å². The lowest BCUT2D eigenvalue weighted by atomic mass is 10.3. The van der Waals surface area contributed by atoms with Gasteiger partial charge in [0.05, 0.1) is 6.21 Å². The number of hydrogen-bond acceptors (Lipinski definition) is 2. The number of nitrogens with one attached hydrogen (secondary N) is 1. The maximum atomic E-state index is 8.08. The fourth-order valence-electron chi connectivity index (χ4n) is 0.553. The summed E-state index contributed by atoms with van der Waals surface area (Å²) in [6.07, 6.45) is 4.89. The number of pyridine rings is 1. The SMILES string of the molecule is ON=Cc1cc[nH+]cc1. The minimum Gasteiger partial charge on any atom is -0.411 e.